The van der Waals surface area contributed by atoms with Crippen molar-refractivity contribution in [3.05, 3.63) is 77.6 Å². The highest BCUT2D eigenvalue weighted by atomic mass is 32.2. The molecule has 3 N–H and O–H groups in total. The molecule has 2 aromatic carbocycles. The van der Waals surface area contributed by atoms with Gasteiger partial charge in [0.25, 0.3) is 0 Å². The molecule has 0 bridgehead atoms. The molecule has 31 heavy (non-hydrogen) atoms. The van der Waals surface area contributed by atoms with E-state index in [-0.39, 0.29) is 24.2 Å². The Morgan fingerprint density at radius 1 is 1.16 bits per heavy atom. The van der Waals surface area contributed by atoms with Gasteiger partial charge in [-0.05, 0) is 49.1 Å². The van der Waals surface area contributed by atoms with E-state index in [1.54, 1.807) is 0 Å². The molecule has 1 amide bonds. The van der Waals surface area contributed by atoms with Crippen LogP contribution in [0.15, 0.2) is 66.0 Å². The second-order valence-corrected chi connectivity index (χ2v) is 9.13. The molecule has 3 heterocycles. The van der Waals surface area contributed by atoms with Crippen molar-refractivity contribution in [2.45, 2.75) is 38.5 Å². The number of hydrazine groups is 1. The SMILES string of the molecule is Cc1cc(C)cc(NC(=O)CSC2=NNC3C4CC(c5ccccc5)NN4C=CN23)c1. The molecule has 3 unspecified atom stereocenters. The van der Waals surface area contributed by atoms with E-state index in [1.165, 1.54) is 17.3 Å². The third-order valence-corrected chi connectivity index (χ3v) is 6.71. The number of hydrogen-bond acceptors (Lipinski definition) is 7. The lowest BCUT2D eigenvalue weighted by molar-refractivity contribution is -0.113. The fraction of sp³-hybridized carbons (Fsp3) is 0.304. The zero-order valence-electron chi connectivity index (χ0n) is 17.6. The predicted octanol–water partition coefficient (Wildman–Crippen LogP) is 3.28. The second kappa shape index (κ2) is 8.28. The average Bonchev–Trinajstić information content (AvgIpc) is 3.36. The Hall–Kier alpha value is -2.97. The Kier molecular flexibility index (Phi) is 5.33. The van der Waals surface area contributed by atoms with Crippen molar-refractivity contribution < 1.29 is 4.79 Å². The van der Waals surface area contributed by atoms with Crippen molar-refractivity contribution in [3.8, 4) is 0 Å². The van der Waals surface area contributed by atoms with E-state index in [0.29, 0.717) is 5.75 Å². The molecule has 0 aromatic heterocycles. The summed E-state index contributed by atoms with van der Waals surface area (Å²) in [7, 11) is 0. The summed E-state index contributed by atoms with van der Waals surface area (Å²) in [6.45, 7) is 4.06. The molecule has 8 heteroatoms. The van der Waals surface area contributed by atoms with Crippen LogP contribution in [0.5, 0.6) is 0 Å². The van der Waals surface area contributed by atoms with E-state index < -0.39 is 0 Å². The maximum absolute atomic E-state index is 12.5. The molecule has 2 aromatic rings. The number of nitrogens with zero attached hydrogens (tertiary/aromatic N) is 3. The predicted molar refractivity (Wildman–Crippen MR) is 125 cm³/mol. The summed E-state index contributed by atoms with van der Waals surface area (Å²) < 4.78 is 0. The van der Waals surface area contributed by atoms with Gasteiger partial charge in [-0.15, -0.1) is 0 Å². The van der Waals surface area contributed by atoms with Gasteiger partial charge >= 0.3 is 0 Å². The minimum atomic E-state index is -0.0320. The van der Waals surface area contributed by atoms with Gasteiger partial charge in [0.1, 0.15) is 6.17 Å². The van der Waals surface area contributed by atoms with Gasteiger partial charge in [0.15, 0.2) is 5.17 Å². The lowest BCUT2D eigenvalue weighted by Crippen LogP contribution is -2.54. The van der Waals surface area contributed by atoms with Crippen LogP contribution in [-0.4, -0.2) is 38.9 Å². The van der Waals surface area contributed by atoms with E-state index >= 15 is 0 Å². The molecule has 160 valence electrons. The molecule has 5 rings (SSSR count). The summed E-state index contributed by atoms with van der Waals surface area (Å²) in [6.07, 6.45) is 5.11. The van der Waals surface area contributed by atoms with Gasteiger partial charge in [-0.3, -0.25) is 10.2 Å². The monoisotopic (exact) mass is 434 g/mol. The summed E-state index contributed by atoms with van der Waals surface area (Å²) in [5.74, 6) is 0.277. The minimum absolute atomic E-state index is 0.0320. The van der Waals surface area contributed by atoms with Crippen LogP contribution in [0, 0.1) is 13.8 Å². The summed E-state index contributed by atoms with van der Waals surface area (Å²) in [6, 6.07) is 17.1. The number of carbonyl (C=O) groups is 1. The van der Waals surface area contributed by atoms with Crippen LogP contribution in [-0.2, 0) is 4.79 Å². The first kappa shape index (κ1) is 20.0. The van der Waals surface area contributed by atoms with Crippen molar-refractivity contribution in [1.82, 2.24) is 20.8 Å². The summed E-state index contributed by atoms with van der Waals surface area (Å²) in [5.41, 5.74) is 11.2. The minimum Gasteiger partial charge on any atom is -0.325 e. The van der Waals surface area contributed by atoms with Crippen LogP contribution >= 0.6 is 11.8 Å². The van der Waals surface area contributed by atoms with Crippen LogP contribution < -0.4 is 16.2 Å². The quantitative estimate of drug-likeness (QED) is 0.686. The molecule has 0 aliphatic carbocycles. The van der Waals surface area contributed by atoms with Crippen LogP contribution in [0.4, 0.5) is 5.69 Å². The molecular formula is C23H26N6OS. The van der Waals surface area contributed by atoms with Crippen molar-refractivity contribution in [1.29, 1.82) is 0 Å². The van der Waals surface area contributed by atoms with Crippen LogP contribution in [0.1, 0.15) is 29.2 Å². The number of hydrazone groups is 1. The molecule has 0 saturated carbocycles. The Labute approximate surface area is 186 Å². The van der Waals surface area contributed by atoms with Crippen molar-refractivity contribution >= 4 is 28.5 Å². The summed E-state index contributed by atoms with van der Waals surface area (Å²) in [4.78, 5) is 14.6. The van der Waals surface area contributed by atoms with Crippen molar-refractivity contribution in [2.75, 3.05) is 11.1 Å². The lowest BCUT2D eigenvalue weighted by atomic mass is 10.00. The highest BCUT2D eigenvalue weighted by Gasteiger charge is 2.44. The van der Waals surface area contributed by atoms with Gasteiger partial charge in [0.2, 0.25) is 5.91 Å². The number of amides is 1. The van der Waals surface area contributed by atoms with Gasteiger partial charge in [-0.1, -0.05) is 48.2 Å². The highest BCUT2D eigenvalue weighted by Crippen LogP contribution is 2.35. The first-order chi connectivity index (χ1) is 15.1. The molecule has 1 saturated heterocycles. The molecule has 3 aliphatic heterocycles. The molecule has 7 nitrogen and oxygen atoms in total. The summed E-state index contributed by atoms with van der Waals surface area (Å²) >= 11 is 1.45. The number of nitrogens with one attached hydrogen (secondary N) is 3. The number of aryl methyl sites for hydroxylation is 2. The number of hydrogen-bond donors (Lipinski definition) is 3. The molecular weight excluding hydrogens is 408 g/mol. The molecule has 1 fully saturated rings. The van der Waals surface area contributed by atoms with Gasteiger partial charge in [0.05, 0.1) is 17.8 Å². The highest BCUT2D eigenvalue weighted by molar-refractivity contribution is 8.14. The van der Waals surface area contributed by atoms with Crippen molar-refractivity contribution in [3.63, 3.8) is 0 Å². The second-order valence-electron chi connectivity index (χ2n) is 8.19. The number of anilines is 1. The number of rotatable bonds is 4. The fourth-order valence-corrected chi connectivity index (χ4v) is 5.20. The number of fused-ring (bicyclic) bond motifs is 3. The maximum atomic E-state index is 12.5. The maximum Gasteiger partial charge on any atom is 0.234 e. The number of thioether (sulfide) groups is 1. The van der Waals surface area contributed by atoms with Crippen LogP contribution in [0.3, 0.4) is 0 Å². The smallest absolute Gasteiger partial charge is 0.234 e. The van der Waals surface area contributed by atoms with Gasteiger partial charge in [-0.25, -0.2) is 5.43 Å². The largest absolute Gasteiger partial charge is 0.325 e. The van der Waals surface area contributed by atoms with Crippen molar-refractivity contribution in [2.24, 2.45) is 5.10 Å². The Morgan fingerprint density at radius 2 is 1.94 bits per heavy atom. The van der Waals surface area contributed by atoms with Gasteiger partial charge < -0.3 is 15.2 Å². The normalized spacial score (nSPS) is 23.8. The Bertz CT molecular complexity index is 1020. The average molecular weight is 435 g/mol. The zero-order chi connectivity index (χ0) is 21.4. The van der Waals surface area contributed by atoms with Gasteiger partial charge in [-0.2, -0.15) is 5.10 Å². The van der Waals surface area contributed by atoms with E-state index in [0.717, 1.165) is 28.4 Å². The molecule has 3 aliphatic rings. The van der Waals surface area contributed by atoms with Gasteiger partial charge in [0, 0.05) is 18.1 Å². The number of benzene rings is 2. The van der Waals surface area contributed by atoms with E-state index in [2.05, 4.69) is 67.7 Å². The van der Waals surface area contributed by atoms with E-state index in [1.807, 2.05) is 38.2 Å². The first-order valence-electron chi connectivity index (χ1n) is 10.5. The number of carbonyl (C=O) groups excluding carboxylic acids is 1. The zero-order valence-corrected chi connectivity index (χ0v) is 18.4. The van der Waals surface area contributed by atoms with E-state index in [9.17, 15) is 4.79 Å². The standard InChI is InChI=1S/C23H26N6OS/c1-15-10-16(2)12-18(11-15)24-21(30)14-31-23-26-25-22-20-13-19(17-6-4-3-5-7-17)27-29(20)9-8-28(22)23/h3-12,19-20,22,25,27H,13-14H2,1-2H3,(H,24,30). The third-order valence-electron chi connectivity index (χ3n) is 5.74. The Morgan fingerprint density at radius 3 is 2.71 bits per heavy atom. The molecule has 0 radical (unpaired) electrons. The summed E-state index contributed by atoms with van der Waals surface area (Å²) in [5, 5.41) is 10.5. The third kappa shape index (κ3) is 4.13. The first-order valence-corrected chi connectivity index (χ1v) is 11.5. The Balaban J connectivity index is 1.18. The fourth-order valence-electron chi connectivity index (χ4n) is 4.43. The number of amidine groups is 1. The molecule has 3 atom stereocenters. The van der Waals surface area contributed by atoms with Crippen LogP contribution in [0.25, 0.3) is 0 Å². The van der Waals surface area contributed by atoms with Crippen LogP contribution in [0.2, 0.25) is 0 Å². The van der Waals surface area contributed by atoms with E-state index in [4.69, 9.17) is 0 Å². The topological polar surface area (TPSA) is 72.0 Å². The molecule has 0 spiro atoms. The lowest BCUT2D eigenvalue weighted by Gasteiger charge is -2.36.